The predicted octanol–water partition coefficient (Wildman–Crippen LogP) is 2.88. The van der Waals surface area contributed by atoms with Crippen LogP contribution in [0.2, 0.25) is 5.02 Å². The maximum Gasteiger partial charge on any atom is 0.413 e. The third-order valence-electron chi connectivity index (χ3n) is 5.45. The molecule has 3 amide bonds. The van der Waals surface area contributed by atoms with Crippen molar-refractivity contribution in [1.82, 2.24) is 4.90 Å². The van der Waals surface area contributed by atoms with Crippen LogP contribution in [-0.2, 0) is 19.1 Å². The van der Waals surface area contributed by atoms with Crippen LogP contribution in [0.1, 0.15) is 12.0 Å². The van der Waals surface area contributed by atoms with Gasteiger partial charge < -0.3 is 24.4 Å². The van der Waals surface area contributed by atoms with E-state index in [0.29, 0.717) is 29.5 Å². The SMILES string of the molecule is O=C(Nc1ccc(N2CCOCC2=O)cc1)O[C@@H]1C[C@@H](O)CN1C(=O)C=Cc1ccc(Cl)cc1. The smallest absolute Gasteiger partial charge is 0.413 e. The van der Waals surface area contributed by atoms with Gasteiger partial charge in [-0.15, -0.1) is 0 Å². The minimum absolute atomic E-state index is 0.0453. The summed E-state index contributed by atoms with van der Waals surface area (Å²) in [4.78, 5) is 40.0. The zero-order chi connectivity index (χ0) is 24.1. The van der Waals surface area contributed by atoms with Crippen molar-refractivity contribution in [2.24, 2.45) is 0 Å². The van der Waals surface area contributed by atoms with E-state index in [2.05, 4.69) is 5.32 Å². The van der Waals surface area contributed by atoms with Crippen LogP contribution >= 0.6 is 11.6 Å². The van der Waals surface area contributed by atoms with E-state index in [4.69, 9.17) is 21.1 Å². The lowest BCUT2D eigenvalue weighted by Crippen LogP contribution is -2.41. The molecule has 10 heteroatoms. The highest BCUT2D eigenvalue weighted by atomic mass is 35.5. The van der Waals surface area contributed by atoms with Crippen LogP contribution in [0.5, 0.6) is 0 Å². The van der Waals surface area contributed by atoms with Crippen molar-refractivity contribution in [3.8, 4) is 0 Å². The van der Waals surface area contributed by atoms with Crippen LogP contribution < -0.4 is 10.2 Å². The van der Waals surface area contributed by atoms with Crippen LogP contribution in [0.4, 0.5) is 16.2 Å². The number of anilines is 2. The molecule has 34 heavy (non-hydrogen) atoms. The number of aliphatic hydroxyl groups is 1. The molecular weight excluding hydrogens is 462 g/mol. The fourth-order valence-electron chi connectivity index (χ4n) is 3.75. The number of aliphatic hydroxyl groups excluding tert-OH is 1. The molecule has 178 valence electrons. The lowest BCUT2D eigenvalue weighted by Gasteiger charge is -2.27. The van der Waals surface area contributed by atoms with Gasteiger partial charge in [0.15, 0.2) is 6.23 Å². The minimum Gasteiger partial charge on any atom is -0.425 e. The molecule has 0 saturated carbocycles. The molecule has 4 rings (SSSR count). The van der Waals surface area contributed by atoms with Gasteiger partial charge in [-0.2, -0.15) is 0 Å². The molecule has 0 unspecified atom stereocenters. The second-order valence-electron chi connectivity index (χ2n) is 7.89. The summed E-state index contributed by atoms with van der Waals surface area (Å²) in [6, 6.07) is 13.7. The normalized spacial score (nSPS) is 20.6. The minimum atomic E-state index is -0.900. The molecule has 0 spiro atoms. The molecule has 0 aromatic heterocycles. The Hall–Kier alpha value is -3.40. The zero-order valence-corrected chi connectivity index (χ0v) is 19.0. The molecule has 2 N–H and O–H groups in total. The van der Waals surface area contributed by atoms with Gasteiger partial charge in [0.2, 0.25) is 5.91 Å². The van der Waals surface area contributed by atoms with Gasteiger partial charge in [-0.05, 0) is 48.0 Å². The lowest BCUT2D eigenvalue weighted by atomic mass is 10.2. The molecule has 0 bridgehead atoms. The van der Waals surface area contributed by atoms with Gasteiger partial charge in [0, 0.05) is 35.4 Å². The Labute approximate surface area is 201 Å². The van der Waals surface area contributed by atoms with Crippen molar-refractivity contribution in [3.05, 3.63) is 65.2 Å². The molecule has 2 heterocycles. The molecule has 0 aliphatic carbocycles. The second-order valence-corrected chi connectivity index (χ2v) is 8.33. The summed E-state index contributed by atoms with van der Waals surface area (Å²) in [5.41, 5.74) is 1.96. The van der Waals surface area contributed by atoms with Crippen LogP contribution in [-0.4, -0.2) is 66.5 Å². The third kappa shape index (κ3) is 5.93. The van der Waals surface area contributed by atoms with Gasteiger partial charge in [-0.1, -0.05) is 23.7 Å². The summed E-state index contributed by atoms with van der Waals surface area (Å²) in [6.07, 6.45) is 0.654. The first-order chi connectivity index (χ1) is 16.4. The van der Waals surface area contributed by atoms with E-state index in [1.165, 1.54) is 11.0 Å². The second kappa shape index (κ2) is 10.7. The summed E-state index contributed by atoms with van der Waals surface area (Å²) in [5.74, 6) is -0.509. The first-order valence-corrected chi connectivity index (χ1v) is 11.1. The monoisotopic (exact) mass is 485 g/mol. The van der Waals surface area contributed by atoms with E-state index >= 15 is 0 Å². The topological polar surface area (TPSA) is 108 Å². The van der Waals surface area contributed by atoms with Crippen molar-refractivity contribution in [2.45, 2.75) is 18.8 Å². The van der Waals surface area contributed by atoms with Crippen molar-refractivity contribution >= 4 is 47.0 Å². The van der Waals surface area contributed by atoms with Gasteiger partial charge in [0.1, 0.15) is 6.61 Å². The Morgan fingerprint density at radius 2 is 1.88 bits per heavy atom. The number of amides is 3. The number of hydrogen-bond acceptors (Lipinski definition) is 6. The number of β-amino-alcohol motifs (C(OH)–C–C–N with tert-alkyl or cyclic N) is 1. The zero-order valence-electron chi connectivity index (χ0n) is 18.2. The number of hydrogen-bond donors (Lipinski definition) is 2. The standard InChI is InChI=1S/C24H24ClN3O6/c25-17-4-1-16(2-5-17)3-10-21(30)28-14-20(29)13-23(28)34-24(32)26-18-6-8-19(9-7-18)27-11-12-33-15-22(27)31/h1-10,20,23,29H,11-15H2,(H,26,32)/t20-,23-/m1/s1. The Bertz CT molecular complexity index is 1070. The van der Waals surface area contributed by atoms with Gasteiger partial charge in [-0.3, -0.25) is 14.9 Å². The molecule has 2 fully saturated rings. The Morgan fingerprint density at radius 1 is 1.15 bits per heavy atom. The molecule has 9 nitrogen and oxygen atoms in total. The van der Waals surface area contributed by atoms with Crippen LogP contribution in [0.25, 0.3) is 6.08 Å². The fraction of sp³-hybridized carbons (Fsp3) is 0.292. The molecule has 2 aliphatic heterocycles. The highest BCUT2D eigenvalue weighted by Crippen LogP contribution is 2.23. The number of nitrogens with zero attached hydrogens (tertiary/aromatic N) is 2. The average molecular weight is 486 g/mol. The first-order valence-electron chi connectivity index (χ1n) is 10.8. The van der Waals surface area contributed by atoms with E-state index < -0.39 is 18.4 Å². The highest BCUT2D eigenvalue weighted by molar-refractivity contribution is 6.30. The van der Waals surface area contributed by atoms with Gasteiger partial charge in [0.05, 0.1) is 19.3 Å². The highest BCUT2D eigenvalue weighted by Gasteiger charge is 2.36. The number of benzene rings is 2. The number of morpholine rings is 1. The Balaban J connectivity index is 1.34. The number of rotatable bonds is 5. The number of ether oxygens (including phenoxy) is 2. The van der Waals surface area contributed by atoms with Crippen molar-refractivity contribution < 1.29 is 29.0 Å². The summed E-state index contributed by atoms with van der Waals surface area (Å²) < 4.78 is 10.5. The number of halogens is 1. The van der Waals surface area contributed by atoms with Crippen LogP contribution in [0.15, 0.2) is 54.6 Å². The summed E-state index contributed by atoms with van der Waals surface area (Å²) in [7, 11) is 0. The van der Waals surface area contributed by atoms with E-state index in [9.17, 15) is 19.5 Å². The first kappa shape index (κ1) is 23.7. The van der Waals surface area contributed by atoms with Crippen molar-refractivity contribution in [3.63, 3.8) is 0 Å². The average Bonchev–Trinajstić information content (AvgIpc) is 3.19. The molecule has 2 saturated heterocycles. The van der Waals surface area contributed by atoms with Gasteiger partial charge >= 0.3 is 6.09 Å². The number of carbonyl (C=O) groups excluding carboxylic acids is 3. The maximum atomic E-state index is 12.6. The van der Waals surface area contributed by atoms with E-state index in [1.807, 2.05) is 0 Å². The Kier molecular flexibility index (Phi) is 7.46. The molecule has 2 aromatic carbocycles. The molecule has 0 radical (unpaired) electrons. The predicted molar refractivity (Wildman–Crippen MR) is 126 cm³/mol. The number of carbonyl (C=O) groups is 3. The largest absolute Gasteiger partial charge is 0.425 e. The Morgan fingerprint density at radius 3 is 2.59 bits per heavy atom. The lowest BCUT2D eigenvalue weighted by molar-refractivity contribution is -0.132. The van der Waals surface area contributed by atoms with E-state index in [0.717, 1.165) is 5.56 Å². The van der Waals surface area contributed by atoms with E-state index in [1.54, 1.807) is 59.5 Å². The number of likely N-dealkylation sites (tertiary alicyclic amines) is 1. The third-order valence-corrected chi connectivity index (χ3v) is 5.71. The molecule has 2 atom stereocenters. The maximum absolute atomic E-state index is 12.6. The van der Waals surface area contributed by atoms with Crippen molar-refractivity contribution in [2.75, 3.05) is 36.5 Å². The fourth-order valence-corrected chi connectivity index (χ4v) is 3.87. The molecule has 2 aromatic rings. The van der Waals surface area contributed by atoms with Crippen molar-refractivity contribution in [1.29, 1.82) is 0 Å². The molecular formula is C24H24ClN3O6. The van der Waals surface area contributed by atoms with Gasteiger partial charge in [0.25, 0.3) is 5.91 Å². The van der Waals surface area contributed by atoms with Gasteiger partial charge in [-0.25, -0.2) is 4.79 Å². The van der Waals surface area contributed by atoms with Crippen LogP contribution in [0.3, 0.4) is 0 Å². The summed E-state index contributed by atoms with van der Waals surface area (Å²) in [6.45, 7) is 1.04. The summed E-state index contributed by atoms with van der Waals surface area (Å²) in [5, 5.41) is 13.2. The quantitative estimate of drug-likeness (QED) is 0.630. The number of nitrogens with one attached hydrogen (secondary N) is 1. The summed E-state index contributed by atoms with van der Waals surface area (Å²) >= 11 is 5.87. The van der Waals surface area contributed by atoms with Crippen LogP contribution in [0, 0.1) is 0 Å². The molecule has 2 aliphatic rings. The van der Waals surface area contributed by atoms with E-state index in [-0.39, 0.29) is 31.4 Å².